The molecule has 0 aliphatic carbocycles. The highest BCUT2D eigenvalue weighted by molar-refractivity contribution is 5.37. The van der Waals surface area contributed by atoms with Gasteiger partial charge in [0.05, 0.1) is 18.2 Å². The third-order valence-corrected chi connectivity index (χ3v) is 4.32. The number of halogens is 2. The largest absolute Gasteiger partial charge is 0.319 e. The topological polar surface area (TPSA) is 48.1 Å². The summed E-state index contributed by atoms with van der Waals surface area (Å²) >= 11 is 0. The maximum Gasteiger partial charge on any atom is 0.319 e. The molecule has 24 heavy (non-hydrogen) atoms. The van der Waals surface area contributed by atoms with Gasteiger partial charge in [-0.15, -0.1) is 0 Å². The minimum absolute atomic E-state index is 0.397. The number of aromatic nitrogens is 2. The molecule has 0 amide bonds. The Balaban J connectivity index is 1.54. The second kappa shape index (κ2) is 7.51. The summed E-state index contributed by atoms with van der Waals surface area (Å²) in [6, 6.07) is 9.83. The van der Waals surface area contributed by atoms with Crippen molar-refractivity contribution in [3.05, 3.63) is 53.6 Å². The number of alkyl halides is 2. The van der Waals surface area contributed by atoms with E-state index in [1.807, 2.05) is 24.3 Å². The third-order valence-electron chi connectivity index (χ3n) is 4.32. The summed E-state index contributed by atoms with van der Waals surface area (Å²) in [6.07, 6.45) is 2.73. The first-order valence-corrected chi connectivity index (χ1v) is 7.90. The maximum atomic E-state index is 12.9. The van der Waals surface area contributed by atoms with Gasteiger partial charge >= 0.3 is 6.55 Å². The Kier molecular flexibility index (Phi) is 5.18. The Labute approximate surface area is 139 Å². The van der Waals surface area contributed by atoms with Gasteiger partial charge < -0.3 is 0 Å². The molecule has 0 spiro atoms. The van der Waals surface area contributed by atoms with Crippen LogP contribution in [0.25, 0.3) is 0 Å². The third kappa shape index (κ3) is 3.78. The fourth-order valence-corrected chi connectivity index (χ4v) is 2.96. The number of benzene rings is 1. The van der Waals surface area contributed by atoms with Crippen molar-refractivity contribution in [3.63, 3.8) is 0 Å². The molecule has 1 aliphatic rings. The van der Waals surface area contributed by atoms with Crippen LogP contribution < -0.4 is 0 Å². The molecule has 1 aromatic heterocycles. The average molecular weight is 331 g/mol. The van der Waals surface area contributed by atoms with E-state index in [1.165, 1.54) is 12.4 Å². The summed E-state index contributed by atoms with van der Waals surface area (Å²) in [5.74, 6) is 0.397. The molecule has 0 unspecified atom stereocenters. The van der Waals surface area contributed by atoms with Crippen molar-refractivity contribution in [3.8, 4) is 6.07 Å². The van der Waals surface area contributed by atoms with Crippen LogP contribution >= 0.6 is 0 Å². The summed E-state index contributed by atoms with van der Waals surface area (Å²) in [5, 5.41) is 9.16. The van der Waals surface area contributed by atoms with Gasteiger partial charge in [-0.05, 0) is 11.6 Å². The molecule has 0 atom stereocenters. The van der Waals surface area contributed by atoms with E-state index in [-0.39, 0.29) is 0 Å². The average Bonchev–Trinajstić information content (AvgIpc) is 3.05. The van der Waals surface area contributed by atoms with Crippen molar-refractivity contribution < 1.29 is 8.78 Å². The van der Waals surface area contributed by atoms with Crippen molar-refractivity contribution in [1.29, 1.82) is 5.26 Å². The van der Waals surface area contributed by atoms with Crippen LogP contribution in [0.5, 0.6) is 0 Å². The van der Waals surface area contributed by atoms with Gasteiger partial charge in [-0.3, -0.25) is 14.4 Å². The van der Waals surface area contributed by atoms with Crippen molar-refractivity contribution in [2.24, 2.45) is 0 Å². The zero-order valence-corrected chi connectivity index (χ0v) is 13.3. The Bertz CT molecular complexity index is 714. The molecule has 0 N–H and O–H groups in total. The molecular formula is C17H19F2N5. The number of imidazole rings is 1. The lowest BCUT2D eigenvalue weighted by molar-refractivity contribution is 0.0603. The number of hydrogen-bond donors (Lipinski definition) is 0. The molecule has 2 aromatic rings. The molecule has 0 saturated carbocycles. The van der Waals surface area contributed by atoms with Crippen LogP contribution in [0.3, 0.4) is 0 Å². The number of rotatable bonds is 5. The van der Waals surface area contributed by atoms with Gasteiger partial charge in [-0.1, -0.05) is 18.2 Å². The fourth-order valence-electron chi connectivity index (χ4n) is 2.96. The van der Waals surface area contributed by atoms with E-state index in [4.69, 9.17) is 5.26 Å². The van der Waals surface area contributed by atoms with Crippen LogP contribution in [0.15, 0.2) is 36.7 Å². The maximum absolute atomic E-state index is 12.9. The smallest absolute Gasteiger partial charge is 0.296 e. The lowest BCUT2D eigenvalue weighted by Gasteiger charge is -2.34. The highest BCUT2D eigenvalue weighted by Gasteiger charge is 2.20. The monoisotopic (exact) mass is 331 g/mol. The van der Waals surface area contributed by atoms with Gasteiger partial charge in [-0.25, -0.2) is 4.98 Å². The highest BCUT2D eigenvalue weighted by Crippen LogP contribution is 2.16. The van der Waals surface area contributed by atoms with Crippen LogP contribution in [0.1, 0.15) is 23.5 Å². The number of hydrogen-bond acceptors (Lipinski definition) is 4. The highest BCUT2D eigenvalue weighted by atomic mass is 19.3. The summed E-state index contributed by atoms with van der Waals surface area (Å²) < 4.78 is 26.6. The molecule has 2 heterocycles. The van der Waals surface area contributed by atoms with E-state index in [1.54, 1.807) is 0 Å². The van der Waals surface area contributed by atoms with Gasteiger partial charge in [0.2, 0.25) is 0 Å². The lowest BCUT2D eigenvalue weighted by Crippen LogP contribution is -2.45. The second-order valence-electron chi connectivity index (χ2n) is 5.85. The Hall–Kier alpha value is -2.30. The molecule has 1 fully saturated rings. The Morgan fingerprint density at radius 1 is 1.08 bits per heavy atom. The van der Waals surface area contributed by atoms with Gasteiger partial charge in [0.15, 0.2) is 0 Å². The van der Waals surface area contributed by atoms with Gasteiger partial charge in [0, 0.05) is 45.1 Å². The van der Waals surface area contributed by atoms with Crippen molar-refractivity contribution in [2.75, 3.05) is 26.2 Å². The predicted molar refractivity (Wildman–Crippen MR) is 85.2 cm³/mol. The molecule has 1 saturated heterocycles. The fraction of sp³-hybridized carbons (Fsp3) is 0.412. The molecule has 5 nitrogen and oxygen atoms in total. The number of nitriles is 1. The van der Waals surface area contributed by atoms with Crippen LogP contribution in [-0.4, -0.2) is 45.5 Å². The molecule has 1 aromatic carbocycles. The normalized spacial score (nSPS) is 16.4. The molecule has 126 valence electrons. The number of piperazine rings is 1. The van der Waals surface area contributed by atoms with Gasteiger partial charge in [0.1, 0.15) is 5.82 Å². The minimum atomic E-state index is -2.55. The van der Waals surface area contributed by atoms with E-state index in [2.05, 4.69) is 20.9 Å². The summed E-state index contributed by atoms with van der Waals surface area (Å²) in [5.41, 5.74) is 1.74. The van der Waals surface area contributed by atoms with Crippen LogP contribution in [-0.2, 0) is 13.1 Å². The summed E-state index contributed by atoms with van der Waals surface area (Å²) in [7, 11) is 0. The standard InChI is InChI=1S/C17H19F2N5/c18-17(19)24-6-5-21-16(24)13-23-9-7-22(8-10-23)12-15-4-2-1-3-14(15)11-20/h1-6,17H,7-10,12-13H2. The first kappa shape index (κ1) is 16.6. The van der Waals surface area contributed by atoms with Crippen LogP contribution in [0.4, 0.5) is 8.78 Å². The molecule has 0 radical (unpaired) electrons. The van der Waals surface area contributed by atoms with Crippen molar-refractivity contribution in [2.45, 2.75) is 19.6 Å². The van der Waals surface area contributed by atoms with Crippen molar-refractivity contribution in [1.82, 2.24) is 19.4 Å². The molecule has 3 rings (SSSR count). The zero-order valence-electron chi connectivity index (χ0n) is 13.3. The van der Waals surface area contributed by atoms with Crippen LogP contribution in [0, 0.1) is 11.3 Å². The second-order valence-corrected chi connectivity index (χ2v) is 5.85. The summed E-state index contributed by atoms with van der Waals surface area (Å²) in [6.45, 7) is 1.90. The van der Waals surface area contributed by atoms with E-state index in [9.17, 15) is 8.78 Å². The van der Waals surface area contributed by atoms with Gasteiger partial charge in [0.25, 0.3) is 0 Å². The van der Waals surface area contributed by atoms with E-state index < -0.39 is 6.55 Å². The predicted octanol–water partition coefficient (Wildman–Crippen LogP) is 2.47. The van der Waals surface area contributed by atoms with E-state index in [0.717, 1.165) is 42.9 Å². The first-order valence-electron chi connectivity index (χ1n) is 7.90. The quantitative estimate of drug-likeness (QED) is 0.844. The SMILES string of the molecule is N#Cc1ccccc1CN1CCN(Cc2nccn2C(F)F)CC1. The summed E-state index contributed by atoms with van der Waals surface area (Å²) in [4.78, 5) is 8.45. The minimum Gasteiger partial charge on any atom is -0.296 e. The molecular weight excluding hydrogens is 312 g/mol. The molecule has 7 heteroatoms. The van der Waals surface area contributed by atoms with Crippen LogP contribution in [0.2, 0.25) is 0 Å². The first-order chi connectivity index (χ1) is 11.7. The van der Waals surface area contributed by atoms with E-state index >= 15 is 0 Å². The Morgan fingerprint density at radius 2 is 1.75 bits per heavy atom. The zero-order chi connectivity index (χ0) is 16.9. The lowest BCUT2D eigenvalue weighted by atomic mass is 10.1. The number of nitrogens with zero attached hydrogens (tertiary/aromatic N) is 5. The van der Waals surface area contributed by atoms with Crippen molar-refractivity contribution >= 4 is 0 Å². The molecule has 0 bridgehead atoms. The molecule has 1 aliphatic heterocycles. The Morgan fingerprint density at radius 3 is 2.42 bits per heavy atom. The van der Waals surface area contributed by atoms with Gasteiger partial charge in [-0.2, -0.15) is 14.0 Å². The van der Waals surface area contributed by atoms with E-state index in [0.29, 0.717) is 17.9 Å².